The van der Waals surface area contributed by atoms with Gasteiger partial charge in [-0.1, -0.05) is 18.2 Å². The summed E-state index contributed by atoms with van der Waals surface area (Å²) >= 11 is 1.68. The van der Waals surface area contributed by atoms with Crippen LogP contribution in [0.25, 0.3) is 0 Å². The van der Waals surface area contributed by atoms with Gasteiger partial charge in [-0.25, -0.2) is 4.79 Å². The lowest BCUT2D eigenvalue weighted by molar-refractivity contribution is -0.153. The first-order valence-corrected chi connectivity index (χ1v) is 8.20. The smallest absolute Gasteiger partial charge is 0.329 e. The number of hydrogen-bond acceptors (Lipinski definition) is 5. The Morgan fingerprint density at radius 2 is 2.14 bits per heavy atom. The van der Waals surface area contributed by atoms with Crippen molar-refractivity contribution in [3.63, 3.8) is 0 Å². The minimum absolute atomic E-state index is 0.0720. The summed E-state index contributed by atoms with van der Waals surface area (Å²) in [5, 5.41) is 3.08. The number of benzene rings is 1. The molecule has 21 heavy (non-hydrogen) atoms. The Morgan fingerprint density at radius 1 is 1.38 bits per heavy atom. The Labute approximate surface area is 129 Å². The molecule has 6 heteroatoms. The highest BCUT2D eigenvalue weighted by atomic mass is 32.2. The van der Waals surface area contributed by atoms with Gasteiger partial charge in [0.05, 0.1) is 13.2 Å². The van der Waals surface area contributed by atoms with E-state index in [0.29, 0.717) is 18.9 Å². The zero-order valence-corrected chi connectivity index (χ0v) is 12.9. The van der Waals surface area contributed by atoms with Crippen LogP contribution in [0.5, 0.6) is 0 Å². The minimum Gasteiger partial charge on any atom is -0.464 e. The maximum atomic E-state index is 12.3. The average Bonchev–Trinajstić information content (AvgIpc) is 2.54. The Balaban J connectivity index is 1.93. The topological polar surface area (TPSA) is 58.6 Å². The molecule has 1 aromatic carbocycles. The number of carbonyl (C=O) groups excluding carboxylic acids is 2. The van der Waals surface area contributed by atoms with Crippen LogP contribution in [-0.4, -0.2) is 54.0 Å². The molecule has 1 N–H and O–H groups in total. The lowest BCUT2D eigenvalue weighted by Crippen LogP contribution is -2.52. The van der Waals surface area contributed by atoms with Gasteiger partial charge in [0, 0.05) is 23.7 Å². The molecular formula is C15H20N2O3S. The molecule has 1 amide bonds. The number of nitrogens with one attached hydrogen (secondary N) is 1. The molecule has 0 aromatic heterocycles. The van der Waals surface area contributed by atoms with Crippen molar-refractivity contribution in [2.24, 2.45) is 0 Å². The normalized spacial score (nSPS) is 18.1. The molecule has 0 bridgehead atoms. The van der Waals surface area contributed by atoms with Crippen molar-refractivity contribution in [2.45, 2.75) is 13.0 Å². The molecule has 0 saturated carbocycles. The number of anilines is 1. The van der Waals surface area contributed by atoms with Crippen molar-refractivity contribution >= 4 is 29.3 Å². The second kappa shape index (κ2) is 7.93. The highest BCUT2D eigenvalue weighted by Gasteiger charge is 2.33. The molecule has 5 nitrogen and oxygen atoms in total. The molecule has 1 unspecified atom stereocenters. The summed E-state index contributed by atoms with van der Waals surface area (Å²) < 4.78 is 5.06. The van der Waals surface area contributed by atoms with Crippen LogP contribution in [0.1, 0.15) is 6.92 Å². The first kappa shape index (κ1) is 15.7. The van der Waals surface area contributed by atoms with E-state index in [1.165, 1.54) is 0 Å². The molecule has 1 atom stereocenters. The van der Waals surface area contributed by atoms with E-state index < -0.39 is 6.04 Å². The van der Waals surface area contributed by atoms with Crippen LogP contribution < -0.4 is 5.32 Å². The van der Waals surface area contributed by atoms with Gasteiger partial charge in [0.1, 0.15) is 6.04 Å². The number of nitrogens with zero attached hydrogens (tertiary/aromatic N) is 1. The highest BCUT2D eigenvalue weighted by molar-refractivity contribution is 7.99. The molecule has 1 saturated heterocycles. The lowest BCUT2D eigenvalue weighted by Gasteiger charge is -2.33. The summed E-state index contributed by atoms with van der Waals surface area (Å²) in [5.74, 6) is 1.08. The van der Waals surface area contributed by atoms with Crippen molar-refractivity contribution in [3.8, 4) is 0 Å². The van der Waals surface area contributed by atoms with E-state index in [2.05, 4.69) is 5.32 Å². The Hall–Kier alpha value is -1.69. The molecule has 1 aliphatic heterocycles. The van der Waals surface area contributed by atoms with E-state index in [4.69, 9.17) is 4.74 Å². The summed E-state index contributed by atoms with van der Waals surface area (Å²) in [7, 11) is 0. The molecular weight excluding hydrogens is 288 g/mol. The third kappa shape index (κ3) is 4.39. The van der Waals surface area contributed by atoms with Gasteiger partial charge in [0.15, 0.2) is 0 Å². The van der Waals surface area contributed by atoms with Gasteiger partial charge in [-0.05, 0) is 19.1 Å². The van der Waals surface area contributed by atoms with Gasteiger partial charge < -0.3 is 15.0 Å². The molecule has 0 aliphatic carbocycles. The van der Waals surface area contributed by atoms with Crippen molar-refractivity contribution in [1.29, 1.82) is 0 Å². The van der Waals surface area contributed by atoms with Gasteiger partial charge in [0.25, 0.3) is 0 Å². The number of thioether (sulfide) groups is 1. The first-order chi connectivity index (χ1) is 10.2. The maximum Gasteiger partial charge on any atom is 0.329 e. The monoisotopic (exact) mass is 308 g/mol. The van der Waals surface area contributed by atoms with Gasteiger partial charge in [-0.2, -0.15) is 11.8 Å². The second-order valence-electron chi connectivity index (χ2n) is 4.65. The van der Waals surface area contributed by atoms with E-state index in [1.54, 1.807) is 23.6 Å². The van der Waals surface area contributed by atoms with E-state index in [1.807, 2.05) is 30.3 Å². The van der Waals surface area contributed by atoms with Gasteiger partial charge >= 0.3 is 5.97 Å². The van der Waals surface area contributed by atoms with Crippen LogP contribution in [0.4, 0.5) is 5.69 Å². The molecule has 2 rings (SSSR count). The van der Waals surface area contributed by atoms with Gasteiger partial charge in [0.2, 0.25) is 5.91 Å². The fourth-order valence-electron chi connectivity index (χ4n) is 2.17. The number of hydrogen-bond donors (Lipinski definition) is 1. The fraction of sp³-hybridized carbons (Fsp3) is 0.467. The number of ether oxygens (including phenoxy) is 1. The van der Waals surface area contributed by atoms with Crippen LogP contribution in [0, 0.1) is 0 Å². The van der Waals surface area contributed by atoms with Crippen molar-refractivity contribution in [1.82, 2.24) is 4.90 Å². The molecule has 0 spiro atoms. The first-order valence-electron chi connectivity index (χ1n) is 7.05. The van der Waals surface area contributed by atoms with Crippen molar-refractivity contribution < 1.29 is 14.3 Å². The highest BCUT2D eigenvalue weighted by Crippen LogP contribution is 2.18. The quantitative estimate of drug-likeness (QED) is 0.838. The van der Waals surface area contributed by atoms with Crippen LogP contribution in [0.3, 0.4) is 0 Å². The molecule has 1 aliphatic rings. The number of esters is 1. The average molecular weight is 308 g/mol. The van der Waals surface area contributed by atoms with Crippen LogP contribution in [0.15, 0.2) is 30.3 Å². The summed E-state index contributed by atoms with van der Waals surface area (Å²) in [6.45, 7) is 2.88. The lowest BCUT2D eigenvalue weighted by atomic mass is 10.2. The van der Waals surface area contributed by atoms with Crippen LogP contribution in [0.2, 0.25) is 0 Å². The molecule has 1 aromatic rings. The zero-order chi connectivity index (χ0) is 15.1. The third-order valence-corrected chi connectivity index (χ3v) is 4.25. The standard InChI is InChI=1S/C15H20N2O3S/c1-2-20-15(19)13-11-21-9-8-17(13)14(18)10-16-12-6-4-3-5-7-12/h3-7,13,16H,2,8-11H2,1H3. The fourth-order valence-corrected chi connectivity index (χ4v) is 3.20. The summed E-state index contributed by atoms with van der Waals surface area (Å²) in [4.78, 5) is 25.9. The summed E-state index contributed by atoms with van der Waals surface area (Å²) in [6, 6.07) is 9.09. The SMILES string of the molecule is CCOC(=O)C1CSCCN1C(=O)CNc1ccccc1. The summed E-state index contributed by atoms with van der Waals surface area (Å²) in [5.41, 5.74) is 0.893. The number of amides is 1. The zero-order valence-electron chi connectivity index (χ0n) is 12.1. The van der Waals surface area contributed by atoms with Gasteiger partial charge in [-0.3, -0.25) is 4.79 Å². The van der Waals surface area contributed by atoms with Crippen molar-refractivity contribution in [3.05, 3.63) is 30.3 Å². The Bertz CT molecular complexity index is 481. The maximum absolute atomic E-state index is 12.3. The third-order valence-electron chi connectivity index (χ3n) is 3.23. The Morgan fingerprint density at radius 3 is 2.86 bits per heavy atom. The van der Waals surface area contributed by atoms with Gasteiger partial charge in [-0.15, -0.1) is 0 Å². The largest absolute Gasteiger partial charge is 0.464 e. The van der Waals surface area contributed by atoms with Crippen molar-refractivity contribution in [2.75, 3.05) is 36.5 Å². The predicted molar refractivity (Wildman–Crippen MR) is 84.4 cm³/mol. The number of para-hydroxylation sites is 1. The van der Waals surface area contributed by atoms with E-state index in [9.17, 15) is 9.59 Å². The molecule has 1 fully saturated rings. The van der Waals surface area contributed by atoms with E-state index >= 15 is 0 Å². The number of carbonyl (C=O) groups is 2. The van der Waals surface area contributed by atoms with Crippen LogP contribution in [-0.2, 0) is 14.3 Å². The molecule has 0 radical (unpaired) electrons. The Kier molecular flexibility index (Phi) is 5.92. The van der Waals surface area contributed by atoms with E-state index in [0.717, 1.165) is 11.4 Å². The molecule has 1 heterocycles. The molecule has 114 valence electrons. The summed E-state index contributed by atoms with van der Waals surface area (Å²) in [6.07, 6.45) is 0. The minimum atomic E-state index is -0.464. The predicted octanol–water partition coefficient (Wildman–Crippen LogP) is 1.61. The number of rotatable bonds is 5. The second-order valence-corrected chi connectivity index (χ2v) is 5.80. The van der Waals surface area contributed by atoms with E-state index in [-0.39, 0.29) is 18.4 Å². The van der Waals surface area contributed by atoms with Crippen LogP contribution >= 0.6 is 11.8 Å².